The number of nitrogens with zero attached hydrogens (tertiary/aromatic N) is 1. The lowest BCUT2D eigenvalue weighted by atomic mass is 10.2. The Morgan fingerprint density at radius 1 is 1.32 bits per heavy atom. The van der Waals surface area contributed by atoms with Crippen molar-refractivity contribution < 1.29 is 9.18 Å². The van der Waals surface area contributed by atoms with Crippen molar-refractivity contribution in [2.45, 2.75) is 0 Å². The van der Waals surface area contributed by atoms with E-state index in [1.165, 1.54) is 18.2 Å². The van der Waals surface area contributed by atoms with Crippen molar-refractivity contribution in [3.05, 3.63) is 41.7 Å². The maximum Gasteiger partial charge on any atom is 0.245 e. The molecule has 0 atom stereocenters. The summed E-state index contributed by atoms with van der Waals surface area (Å²) >= 11 is 0. The molecule has 1 heterocycles. The molecule has 1 aromatic carbocycles. The molecule has 1 aliphatic heterocycles. The molecule has 0 aliphatic carbocycles. The highest BCUT2D eigenvalue weighted by Gasteiger charge is 2.08. The van der Waals surface area contributed by atoms with Crippen molar-refractivity contribution in [3.8, 4) is 0 Å². The lowest BCUT2D eigenvalue weighted by molar-refractivity contribution is -0.117. The minimum Gasteiger partial charge on any atom is -0.340 e. The van der Waals surface area contributed by atoms with E-state index in [0.717, 1.165) is 31.7 Å². The monoisotopic (exact) mass is 263 g/mol. The van der Waals surface area contributed by atoms with Crippen LogP contribution in [0.5, 0.6) is 0 Å². The Hall–Kier alpha value is -1.72. The van der Waals surface area contributed by atoms with E-state index in [4.69, 9.17) is 0 Å². The van der Waals surface area contributed by atoms with Crippen molar-refractivity contribution in [2.24, 2.45) is 0 Å². The molecule has 0 spiro atoms. The molecule has 1 aliphatic rings. The molecule has 0 aromatic heterocycles. The molecule has 0 radical (unpaired) electrons. The van der Waals surface area contributed by atoms with E-state index in [0.29, 0.717) is 6.67 Å². The summed E-state index contributed by atoms with van der Waals surface area (Å²) in [7, 11) is 0. The number of rotatable bonds is 4. The summed E-state index contributed by atoms with van der Waals surface area (Å²) in [5, 5.41) is 6.09. The first kappa shape index (κ1) is 13.7. The highest BCUT2D eigenvalue weighted by Crippen LogP contribution is 2.04. The van der Waals surface area contributed by atoms with E-state index in [-0.39, 0.29) is 11.7 Å². The van der Waals surface area contributed by atoms with Gasteiger partial charge in [-0.1, -0.05) is 12.1 Å². The van der Waals surface area contributed by atoms with Crippen molar-refractivity contribution in [2.75, 3.05) is 32.8 Å². The summed E-state index contributed by atoms with van der Waals surface area (Å²) in [4.78, 5) is 13.8. The second-order valence-corrected chi connectivity index (χ2v) is 4.45. The maximum atomic E-state index is 12.7. The zero-order valence-electron chi connectivity index (χ0n) is 10.7. The highest BCUT2D eigenvalue weighted by molar-refractivity contribution is 5.91. The molecular formula is C14H18FN3O. The van der Waals surface area contributed by atoms with Gasteiger partial charge in [0.15, 0.2) is 0 Å². The number of carbonyl (C=O) groups excluding carboxylic acids is 1. The van der Waals surface area contributed by atoms with Gasteiger partial charge in [0.2, 0.25) is 5.91 Å². The van der Waals surface area contributed by atoms with Gasteiger partial charge in [0.25, 0.3) is 0 Å². The van der Waals surface area contributed by atoms with Gasteiger partial charge in [0, 0.05) is 32.3 Å². The van der Waals surface area contributed by atoms with Gasteiger partial charge >= 0.3 is 0 Å². The average Bonchev–Trinajstić information content (AvgIpc) is 2.45. The van der Waals surface area contributed by atoms with Crippen molar-refractivity contribution in [1.29, 1.82) is 0 Å². The van der Waals surface area contributed by atoms with Crippen molar-refractivity contribution in [3.63, 3.8) is 0 Å². The second kappa shape index (κ2) is 7.01. The second-order valence-electron chi connectivity index (χ2n) is 4.45. The van der Waals surface area contributed by atoms with E-state index in [1.54, 1.807) is 18.2 Å². The number of piperazine rings is 1. The van der Waals surface area contributed by atoms with E-state index in [1.807, 2.05) is 0 Å². The summed E-state index contributed by atoms with van der Waals surface area (Å²) in [6, 6.07) is 6.02. The molecule has 1 saturated heterocycles. The third-order valence-corrected chi connectivity index (χ3v) is 2.98. The fraction of sp³-hybridized carbons (Fsp3) is 0.357. The third kappa shape index (κ3) is 4.81. The SMILES string of the molecule is O=C(/C=C/c1ccc(F)cc1)NCN1CCNCC1. The van der Waals surface area contributed by atoms with Crippen LogP contribution in [0.3, 0.4) is 0 Å². The minimum atomic E-state index is -0.277. The molecular weight excluding hydrogens is 245 g/mol. The molecule has 19 heavy (non-hydrogen) atoms. The van der Waals surface area contributed by atoms with Gasteiger partial charge in [-0.25, -0.2) is 4.39 Å². The van der Waals surface area contributed by atoms with Gasteiger partial charge in [-0.05, 0) is 23.8 Å². The van der Waals surface area contributed by atoms with Crippen LogP contribution in [0.2, 0.25) is 0 Å². The molecule has 1 aromatic rings. The van der Waals surface area contributed by atoms with Crippen LogP contribution in [0.1, 0.15) is 5.56 Å². The number of carbonyl (C=O) groups is 1. The van der Waals surface area contributed by atoms with Gasteiger partial charge in [0.05, 0.1) is 6.67 Å². The minimum absolute atomic E-state index is 0.136. The molecule has 0 bridgehead atoms. The molecule has 2 rings (SSSR count). The van der Waals surface area contributed by atoms with Crippen LogP contribution in [0, 0.1) is 5.82 Å². The number of amides is 1. The first-order valence-corrected chi connectivity index (χ1v) is 6.38. The summed E-state index contributed by atoms with van der Waals surface area (Å²) in [5.74, 6) is -0.414. The number of hydrogen-bond acceptors (Lipinski definition) is 3. The normalized spacial score (nSPS) is 16.7. The summed E-state index contributed by atoms with van der Waals surface area (Å²) in [5.41, 5.74) is 0.804. The summed E-state index contributed by atoms with van der Waals surface area (Å²) in [6.45, 7) is 4.38. The van der Waals surface area contributed by atoms with E-state index >= 15 is 0 Å². The molecule has 5 heteroatoms. The summed E-state index contributed by atoms with van der Waals surface area (Å²) < 4.78 is 12.7. The predicted octanol–water partition coefficient (Wildman–Crippen LogP) is 0.818. The van der Waals surface area contributed by atoms with E-state index in [2.05, 4.69) is 15.5 Å². The third-order valence-electron chi connectivity index (χ3n) is 2.98. The van der Waals surface area contributed by atoms with Crippen LogP contribution in [0.25, 0.3) is 6.08 Å². The lowest BCUT2D eigenvalue weighted by Gasteiger charge is -2.26. The first-order valence-electron chi connectivity index (χ1n) is 6.38. The van der Waals surface area contributed by atoms with Gasteiger partial charge < -0.3 is 10.6 Å². The van der Waals surface area contributed by atoms with Gasteiger partial charge in [-0.15, -0.1) is 0 Å². The van der Waals surface area contributed by atoms with Crippen LogP contribution in [-0.4, -0.2) is 43.7 Å². The maximum absolute atomic E-state index is 12.7. The Labute approximate surface area is 112 Å². The highest BCUT2D eigenvalue weighted by atomic mass is 19.1. The number of benzene rings is 1. The molecule has 0 saturated carbocycles. The van der Waals surface area contributed by atoms with E-state index in [9.17, 15) is 9.18 Å². The van der Waals surface area contributed by atoms with Crippen LogP contribution in [0.15, 0.2) is 30.3 Å². The van der Waals surface area contributed by atoms with Crippen LogP contribution in [0.4, 0.5) is 4.39 Å². The van der Waals surface area contributed by atoms with Crippen LogP contribution in [-0.2, 0) is 4.79 Å². The van der Waals surface area contributed by atoms with Crippen LogP contribution >= 0.6 is 0 Å². The average molecular weight is 263 g/mol. The molecule has 4 nitrogen and oxygen atoms in total. The standard InChI is InChI=1S/C14H18FN3O/c15-13-4-1-12(2-5-13)3-6-14(19)17-11-18-9-7-16-8-10-18/h1-6,16H,7-11H2,(H,17,19)/b6-3+. The van der Waals surface area contributed by atoms with Gasteiger partial charge in [-0.3, -0.25) is 9.69 Å². The number of halogens is 1. The first-order chi connectivity index (χ1) is 9.24. The number of hydrogen-bond donors (Lipinski definition) is 2. The lowest BCUT2D eigenvalue weighted by Crippen LogP contribution is -2.47. The zero-order valence-corrected chi connectivity index (χ0v) is 10.7. The number of nitrogens with one attached hydrogen (secondary N) is 2. The van der Waals surface area contributed by atoms with Gasteiger partial charge in [-0.2, -0.15) is 0 Å². The fourth-order valence-corrected chi connectivity index (χ4v) is 1.86. The Balaban J connectivity index is 1.75. The zero-order chi connectivity index (χ0) is 13.5. The topological polar surface area (TPSA) is 44.4 Å². The Morgan fingerprint density at radius 2 is 2.00 bits per heavy atom. The Bertz CT molecular complexity index is 439. The molecule has 2 N–H and O–H groups in total. The van der Waals surface area contributed by atoms with Crippen molar-refractivity contribution >= 4 is 12.0 Å². The molecule has 1 amide bonds. The van der Waals surface area contributed by atoms with Crippen LogP contribution < -0.4 is 10.6 Å². The fourth-order valence-electron chi connectivity index (χ4n) is 1.86. The summed E-state index contributed by atoms with van der Waals surface area (Å²) in [6.07, 6.45) is 3.14. The molecule has 102 valence electrons. The predicted molar refractivity (Wildman–Crippen MR) is 72.9 cm³/mol. The largest absolute Gasteiger partial charge is 0.340 e. The Kier molecular flexibility index (Phi) is 5.06. The Morgan fingerprint density at radius 3 is 2.68 bits per heavy atom. The molecule has 1 fully saturated rings. The quantitative estimate of drug-likeness (QED) is 0.790. The van der Waals surface area contributed by atoms with Gasteiger partial charge in [0.1, 0.15) is 5.82 Å². The smallest absolute Gasteiger partial charge is 0.245 e. The molecule has 0 unspecified atom stereocenters. The van der Waals surface area contributed by atoms with E-state index < -0.39 is 0 Å². The van der Waals surface area contributed by atoms with Crippen molar-refractivity contribution in [1.82, 2.24) is 15.5 Å².